The molecule has 1 aromatic rings. The maximum atomic E-state index is 12.8. The van der Waals surface area contributed by atoms with Gasteiger partial charge in [-0.15, -0.1) is 11.6 Å². The molecular weight excluding hydrogens is 209 g/mol. The molecule has 14 heavy (non-hydrogen) atoms. The summed E-state index contributed by atoms with van der Waals surface area (Å²) in [6.07, 6.45) is 4.43. The van der Waals surface area contributed by atoms with E-state index in [-0.39, 0.29) is 0 Å². The Kier molecular flexibility index (Phi) is 3.59. The zero-order valence-electron chi connectivity index (χ0n) is 7.08. The van der Waals surface area contributed by atoms with Crippen molar-refractivity contribution in [1.29, 1.82) is 0 Å². The topological polar surface area (TPSA) is 50.2 Å². The molecule has 1 rings (SSSR count). The van der Waals surface area contributed by atoms with Crippen molar-refractivity contribution in [2.24, 2.45) is 0 Å². The monoisotopic (exact) mass is 215 g/mol. The Morgan fingerprint density at radius 3 is 3.00 bits per heavy atom. The molecule has 0 spiro atoms. The van der Waals surface area contributed by atoms with Crippen LogP contribution in [-0.4, -0.2) is 21.9 Å². The average Bonchev–Trinajstić information content (AvgIpc) is 2.16. The second-order valence-corrected chi connectivity index (χ2v) is 2.78. The van der Waals surface area contributed by atoms with E-state index in [2.05, 4.69) is 4.98 Å². The standard InChI is InChI=1S/C9H7ClFNO2/c10-3-1-2-6-4-7(9(13)14)8(11)12-5-6/h1-2,4-5H,3H2,(H,13,14). The van der Waals surface area contributed by atoms with Crippen molar-refractivity contribution >= 4 is 23.6 Å². The fourth-order valence-corrected chi connectivity index (χ4v) is 0.975. The van der Waals surface area contributed by atoms with Gasteiger partial charge in [0.2, 0.25) is 5.95 Å². The van der Waals surface area contributed by atoms with Crippen LogP contribution in [0.25, 0.3) is 6.08 Å². The highest BCUT2D eigenvalue weighted by Crippen LogP contribution is 2.09. The predicted octanol–water partition coefficient (Wildman–Crippen LogP) is 2.17. The number of rotatable bonds is 3. The summed E-state index contributed by atoms with van der Waals surface area (Å²) >= 11 is 5.39. The number of aromatic nitrogens is 1. The van der Waals surface area contributed by atoms with E-state index >= 15 is 0 Å². The lowest BCUT2D eigenvalue weighted by Gasteiger charge is -1.97. The minimum Gasteiger partial charge on any atom is -0.478 e. The first-order valence-electron chi connectivity index (χ1n) is 3.76. The Balaban J connectivity index is 3.06. The number of pyridine rings is 1. The third kappa shape index (κ3) is 2.53. The highest BCUT2D eigenvalue weighted by Gasteiger charge is 2.10. The summed E-state index contributed by atoms with van der Waals surface area (Å²) in [4.78, 5) is 13.8. The number of carbonyl (C=O) groups is 1. The molecular formula is C9H7ClFNO2. The summed E-state index contributed by atoms with van der Waals surface area (Å²) in [5.41, 5.74) is 0.0613. The van der Waals surface area contributed by atoms with Gasteiger partial charge in [-0.3, -0.25) is 0 Å². The van der Waals surface area contributed by atoms with Gasteiger partial charge < -0.3 is 5.11 Å². The van der Waals surface area contributed by atoms with Crippen LogP contribution in [0, 0.1) is 5.95 Å². The van der Waals surface area contributed by atoms with Crippen LogP contribution in [0.3, 0.4) is 0 Å². The van der Waals surface area contributed by atoms with Crippen molar-refractivity contribution in [1.82, 2.24) is 4.98 Å². The molecule has 0 aliphatic heterocycles. The Labute approximate surface area is 84.8 Å². The molecule has 0 aromatic carbocycles. The summed E-state index contributed by atoms with van der Waals surface area (Å²) in [5, 5.41) is 8.59. The summed E-state index contributed by atoms with van der Waals surface area (Å²) in [7, 11) is 0. The Hall–Kier alpha value is -1.42. The number of allylic oxidation sites excluding steroid dienone is 1. The fraction of sp³-hybridized carbons (Fsp3) is 0.111. The van der Waals surface area contributed by atoms with E-state index in [1.54, 1.807) is 12.2 Å². The minimum atomic E-state index is -1.34. The second-order valence-electron chi connectivity index (χ2n) is 2.47. The van der Waals surface area contributed by atoms with E-state index in [4.69, 9.17) is 16.7 Å². The number of hydrogen-bond donors (Lipinski definition) is 1. The van der Waals surface area contributed by atoms with E-state index in [1.807, 2.05) is 0 Å². The number of halogens is 2. The zero-order valence-corrected chi connectivity index (χ0v) is 7.83. The Morgan fingerprint density at radius 1 is 1.71 bits per heavy atom. The quantitative estimate of drug-likeness (QED) is 0.621. The number of nitrogens with zero attached hydrogens (tertiary/aromatic N) is 1. The molecule has 5 heteroatoms. The first-order valence-corrected chi connectivity index (χ1v) is 4.30. The number of carboxylic acids is 1. The van der Waals surface area contributed by atoms with Gasteiger partial charge in [0.1, 0.15) is 5.56 Å². The van der Waals surface area contributed by atoms with Gasteiger partial charge in [-0.05, 0) is 11.6 Å². The van der Waals surface area contributed by atoms with Crippen molar-refractivity contribution in [2.75, 3.05) is 5.88 Å². The summed E-state index contributed by atoms with van der Waals surface area (Å²) < 4.78 is 12.8. The van der Waals surface area contributed by atoms with Crippen molar-refractivity contribution in [3.05, 3.63) is 35.4 Å². The van der Waals surface area contributed by atoms with E-state index in [0.717, 1.165) is 0 Å². The van der Waals surface area contributed by atoms with Gasteiger partial charge in [0.05, 0.1) is 0 Å². The van der Waals surface area contributed by atoms with Gasteiger partial charge in [-0.25, -0.2) is 9.78 Å². The van der Waals surface area contributed by atoms with Gasteiger partial charge in [-0.2, -0.15) is 4.39 Å². The first kappa shape index (κ1) is 10.7. The molecule has 0 bridgehead atoms. The molecule has 0 saturated heterocycles. The molecule has 1 heterocycles. The van der Waals surface area contributed by atoms with Gasteiger partial charge in [0.15, 0.2) is 0 Å². The molecule has 1 N–H and O–H groups in total. The second kappa shape index (κ2) is 4.72. The highest BCUT2D eigenvalue weighted by atomic mass is 35.5. The van der Waals surface area contributed by atoms with Crippen LogP contribution in [-0.2, 0) is 0 Å². The smallest absolute Gasteiger partial charge is 0.340 e. The number of alkyl halides is 1. The van der Waals surface area contributed by atoms with Crippen LogP contribution in [0.5, 0.6) is 0 Å². The van der Waals surface area contributed by atoms with Crippen molar-refractivity contribution in [2.45, 2.75) is 0 Å². The maximum Gasteiger partial charge on any atom is 0.340 e. The van der Waals surface area contributed by atoms with Crippen molar-refractivity contribution in [3.63, 3.8) is 0 Å². The molecule has 74 valence electrons. The van der Waals surface area contributed by atoms with Crippen molar-refractivity contribution < 1.29 is 14.3 Å². The van der Waals surface area contributed by atoms with Gasteiger partial charge in [-0.1, -0.05) is 12.2 Å². The fourth-order valence-electron chi connectivity index (χ4n) is 0.886. The number of aromatic carboxylic acids is 1. The SMILES string of the molecule is O=C(O)c1cc(C=CCCl)cnc1F. The van der Waals surface area contributed by atoms with Crippen LogP contribution in [0.2, 0.25) is 0 Å². The molecule has 0 aliphatic rings. The Bertz CT molecular complexity index is 379. The first-order chi connectivity index (χ1) is 6.65. The third-order valence-electron chi connectivity index (χ3n) is 1.49. The lowest BCUT2D eigenvalue weighted by molar-refractivity contribution is 0.0690. The molecule has 0 aliphatic carbocycles. The normalized spacial score (nSPS) is 10.7. The molecule has 0 saturated carbocycles. The predicted molar refractivity (Wildman–Crippen MR) is 50.9 cm³/mol. The van der Waals surface area contributed by atoms with Crippen LogP contribution < -0.4 is 0 Å². The van der Waals surface area contributed by atoms with E-state index in [1.165, 1.54) is 12.3 Å². The largest absolute Gasteiger partial charge is 0.478 e. The molecule has 0 radical (unpaired) electrons. The highest BCUT2D eigenvalue weighted by molar-refractivity contribution is 6.19. The summed E-state index contributed by atoms with van der Waals surface area (Å²) in [5.74, 6) is -2.02. The van der Waals surface area contributed by atoms with Gasteiger partial charge in [0, 0.05) is 12.1 Å². The lowest BCUT2D eigenvalue weighted by Crippen LogP contribution is -2.02. The molecule has 1 aromatic heterocycles. The molecule has 0 fully saturated rings. The van der Waals surface area contributed by atoms with Gasteiger partial charge >= 0.3 is 5.97 Å². The lowest BCUT2D eigenvalue weighted by atomic mass is 10.2. The van der Waals surface area contributed by atoms with E-state index in [9.17, 15) is 9.18 Å². The van der Waals surface area contributed by atoms with Crippen LogP contribution >= 0.6 is 11.6 Å². The minimum absolute atomic E-state index is 0.305. The van der Waals surface area contributed by atoms with E-state index in [0.29, 0.717) is 11.4 Å². The number of hydrogen-bond acceptors (Lipinski definition) is 2. The molecule has 0 atom stereocenters. The van der Waals surface area contributed by atoms with Crippen LogP contribution in [0.1, 0.15) is 15.9 Å². The maximum absolute atomic E-state index is 12.8. The molecule has 0 amide bonds. The average molecular weight is 216 g/mol. The summed E-state index contributed by atoms with van der Waals surface area (Å²) in [6.45, 7) is 0. The molecule has 0 unspecified atom stereocenters. The third-order valence-corrected chi connectivity index (χ3v) is 1.67. The summed E-state index contributed by atoms with van der Waals surface area (Å²) in [6, 6.07) is 1.20. The van der Waals surface area contributed by atoms with Gasteiger partial charge in [0.25, 0.3) is 0 Å². The zero-order chi connectivity index (χ0) is 10.6. The Morgan fingerprint density at radius 2 is 2.43 bits per heavy atom. The number of carboxylic acid groups (broad SMARTS) is 1. The van der Waals surface area contributed by atoms with E-state index < -0.39 is 17.5 Å². The van der Waals surface area contributed by atoms with Crippen molar-refractivity contribution in [3.8, 4) is 0 Å². The van der Waals surface area contributed by atoms with Crippen LogP contribution in [0.4, 0.5) is 4.39 Å². The molecule has 3 nitrogen and oxygen atoms in total. The van der Waals surface area contributed by atoms with Crippen LogP contribution in [0.15, 0.2) is 18.3 Å².